The van der Waals surface area contributed by atoms with Gasteiger partial charge in [0.25, 0.3) is 0 Å². The molecule has 1 unspecified atom stereocenters. The Balaban J connectivity index is 3.27. The van der Waals surface area contributed by atoms with Crippen LogP contribution in [0.3, 0.4) is 0 Å². The van der Waals surface area contributed by atoms with E-state index in [2.05, 4.69) is 15.9 Å². The first-order valence-corrected chi connectivity index (χ1v) is 7.16. The normalized spacial score (nSPS) is 13.3. The van der Waals surface area contributed by atoms with Gasteiger partial charge in [-0.05, 0) is 41.0 Å². The molecule has 7 heteroatoms. The van der Waals surface area contributed by atoms with Gasteiger partial charge in [0.1, 0.15) is 0 Å². The van der Waals surface area contributed by atoms with Gasteiger partial charge in [0.2, 0.25) is 0 Å². The number of benzene rings is 1. The van der Waals surface area contributed by atoms with Crippen molar-refractivity contribution in [3.63, 3.8) is 0 Å². The number of hydrogen-bond acceptors (Lipinski definition) is 4. The molecular weight excluding hydrogens is 310 g/mol. The number of sulfone groups is 1. The van der Waals surface area contributed by atoms with Crippen molar-refractivity contribution in [2.75, 3.05) is 6.54 Å². The summed E-state index contributed by atoms with van der Waals surface area (Å²) < 4.78 is 24.6. The van der Waals surface area contributed by atoms with Crippen molar-refractivity contribution in [2.45, 2.75) is 16.6 Å². The average molecular weight is 322 g/mol. The Hall–Kier alpha value is -0.920. The number of nitrogens with two attached hydrogens (primary N) is 1. The summed E-state index contributed by atoms with van der Waals surface area (Å²) in [6, 6.07) is 6.11. The molecule has 1 aromatic rings. The van der Waals surface area contributed by atoms with Crippen LogP contribution in [0.25, 0.3) is 0 Å². The Kier molecular flexibility index (Phi) is 4.67. The first kappa shape index (κ1) is 14.1. The molecule has 0 fully saturated rings. The van der Waals surface area contributed by atoms with Crippen molar-refractivity contribution in [1.29, 1.82) is 0 Å². The Morgan fingerprint density at radius 2 is 2.00 bits per heavy atom. The number of rotatable bonds is 5. The highest BCUT2D eigenvalue weighted by Gasteiger charge is 2.34. The van der Waals surface area contributed by atoms with Gasteiger partial charge in [-0.2, -0.15) is 0 Å². The maximum Gasteiger partial charge on any atom is 0.322 e. The molecule has 0 aliphatic rings. The molecule has 94 valence electrons. The molecule has 5 nitrogen and oxygen atoms in total. The SMILES string of the molecule is NCCC(C(=O)O)S(=O)(=O)c1ccccc1Br. The van der Waals surface area contributed by atoms with E-state index in [-0.39, 0.29) is 17.9 Å². The van der Waals surface area contributed by atoms with Gasteiger partial charge in [-0.15, -0.1) is 0 Å². The predicted molar refractivity (Wildman–Crippen MR) is 66.4 cm³/mol. The zero-order valence-electron chi connectivity index (χ0n) is 8.84. The minimum absolute atomic E-state index is 0.000644. The zero-order valence-corrected chi connectivity index (χ0v) is 11.2. The van der Waals surface area contributed by atoms with Crippen LogP contribution in [0.4, 0.5) is 0 Å². The van der Waals surface area contributed by atoms with E-state index in [4.69, 9.17) is 10.8 Å². The summed E-state index contributed by atoms with van der Waals surface area (Å²) in [5.41, 5.74) is 5.24. The van der Waals surface area contributed by atoms with Crippen LogP contribution in [0.2, 0.25) is 0 Å². The van der Waals surface area contributed by atoms with Gasteiger partial charge >= 0.3 is 5.97 Å². The van der Waals surface area contributed by atoms with Crippen molar-refractivity contribution in [1.82, 2.24) is 0 Å². The largest absolute Gasteiger partial charge is 0.480 e. The second kappa shape index (κ2) is 5.61. The van der Waals surface area contributed by atoms with E-state index < -0.39 is 21.1 Å². The molecule has 0 amide bonds. The predicted octanol–water partition coefficient (Wildman–Crippen LogP) is 1.02. The fourth-order valence-corrected chi connectivity index (χ4v) is 3.98. The lowest BCUT2D eigenvalue weighted by atomic mass is 10.3. The lowest BCUT2D eigenvalue weighted by molar-refractivity contribution is -0.136. The molecule has 0 saturated heterocycles. The van der Waals surface area contributed by atoms with Gasteiger partial charge in [0.15, 0.2) is 15.1 Å². The van der Waals surface area contributed by atoms with E-state index >= 15 is 0 Å². The van der Waals surface area contributed by atoms with Gasteiger partial charge in [0.05, 0.1) is 4.90 Å². The minimum Gasteiger partial charge on any atom is -0.480 e. The third-order valence-corrected chi connectivity index (χ3v) is 5.33. The monoisotopic (exact) mass is 321 g/mol. The second-order valence-corrected chi connectivity index (χ2v) is 6.33. The molecule has 0 aliphatic carbocycles. The average Bonchev–Trinajstić information content (AvgIpc) is 2.25. The third kappa shape index (κ3) is 3.05. The first-order valence-electron chi connectivity index (χ1n) is 4.82. The highest BCUT2D eigenvalue weighted by molar-refractivity contribution is 9.10. The van der Waals surface area contributed by atoms with Crippen LogP contribution in [0.1, 0.15) is 6.42 Å². The van der Waals surface area contributed by atoms with E-state index in [9.17, 15) is 13.2 Å². The lowest BCUT2D eigenvalue weighted by Crippen LogP contribution is -2.32. The van der Waals surface area contributed by atoms with Crippen LogP contribution in [-0.4, -0.2) is 31.3 Å². The molecule has 0 saturated carbocycles. The molecule has 0 spiro atoms. The van der Waals surface area contributed by atoms with Crippen molar-refractivity contribution in [3.8, 4) is 0 Å². The molecular formula is C10H12BrNO4S. The topological polar surface area (TPSA) is 97.5 Å². The van der Waals surface area contributed by atoms with E-state index in [0.717, 1.165) is 0 Å². The van der Waals surface area contributed by atoms with Gasteiger partial charge < -0.3 is 10.8 Å². The molecule has 1 rings (SSSR count). The minimum atomic E-state index is -3.92. The standard InChI is InChI=1S/C10H12BrNO4S/c11-7-3-1-2-4-8(7)17(15,16)9(5-6-12)10(13)14/h1-4,9H,5-6,12H2,(H,13,14). The Bertz CT molecular complexity index is 515. The van der Waals surface area contributed by atoms with Gasteiger partial charge in [-0.1, -0.05) is 12.1 Å². The molecule has 1 aromatic carbocycles. The molecule has 3 N–H and O–H groups in total. The second-order valence-electron chi connectivity index (χ2n) is 3.38. The maximum atomic E-state index is 12.1. The number of carbonyl (C=O) groups is 1. The van der Waals surface area contributed by atoms with E-state index in [1.165, 1.54) is 6.07 Å². The van der Waals surface area contributed by atoms with Crippen molar-refractivity contribution in [3.05, 3.63) is 28.7 Å². The lowest BCUT2D eigenvalue weighted by Gasteiger charge is -2.13. The molecule has 0 aliphatic heterocycles. The smallest absolute Gasteiger partial charge is 0.322 e. The van der Waals surface area contributed by atoms with Crippen molar-refractivity contribution < 1.29 is 18.3 Å². The number of carboxylic acids is 1. The number of hydrogen-bond donors (Lipinski definition) is 2. The highest BCUT2D eigenvalue weighted by Crippen LogP contribution is 2.26. The number of aliphatic carboxylic acids is 1. The summed E-state index contributed by atoms with van der Waals surface area (Å²) in [6.07, 6.45) is -0.112. The molecule has 0 bridgehead atoms. The summed E-state index contributed by atoms with van der Waals surface area (Å²) >= 11 is 3.10. The van der Waals surface area contributed by atoms with Gasteiger partial charge in [0, 0.05) is 4.47 Å². The maximum absolute atomic E-state index is 12.1. The summed E-state index contributed by atoms with van der Waals surface area (Å²) in [5.74, 6) is -1.38. The fraction of sp³-hybridized carbons (Fsp3) is 0.300. The van der Waals surface area contributed by atoms with E-state index in [0.29, 0.717) is 4.47 Å². The number of halogens is 1. The fourth-order valence-electron chi connectivity index (χ4n) is 1.39. The highest BCUT2D eigenvalue weighted by atomic mass is 79.9. The van der Waals surface area contributed by atoms with Gasteiger partial charge in [-0.25, -0.2) is 8.42 Å². The summed E-state index contributed by atoms with van der Waals surface area (Å²) in [4.78, 5) is 10.9. The zero-order chi connectivity index (χ0) is 13.1. The van der Waals surface area contributed by atoms with Crippen LogP contribution in [0.5, 0.6) is 0 Å². The van der Waals surface area contributed by atoms with E-state index in [1.807, 2.05) is 0 Å². The Morgan fingerprint density at radius 3 is 2.47 bits per heavy atom. The first-order chi connectivity index (χ1) is 7.91. The van der Waals surface area contributed by atoms with Gasteiger partial charge in [-0.3, -0.25) is 4.79 Å². The summed E-state index contributed by atoms with van der Waals surface area (Å²) in [5, 5.41) is 7.43. The molecule has 0 heterocycles. The summed E-state index contributed by atoms with van der Waals surface area (Å²) in [7, 11) is -3.92. The Morgan fingerprint density at radius 1 is 1.41 bits per heavy atom. The van der Waals surface area contributed by atoms with Crippen LogP contribution in [0, 0.1) is 0 Å². The molecule has 0 radical (unpaired) electrons. The van der Waals surface area contributed by atoms with Crippen LogP contribution >= 0.6 is 15.9 Å². The van der Waals surface area contributed by atoms with Crippen LogP contribution in [-0.2, 0) is 14.6 Å². The Labute approximate surface area is 108 Å². The number of carboxylic acid groups (broad SMARTS) is 1. The summed E-state index contributed by atoms with van der Waals surface area (Å²) in [6.45, 7) is 0.000644. The van der Waals surface area contributed by atoms with Crippen molar-refractivity contribution >= 4 is 31.7 Å². The molecule has 17 heavy (non-hydrogen) atoms. The molecule has 0 aromatic heterocycles. The van der Waals surface area contributed by atoms with Crippen LogP contribution < -0.4 is 5.73 Å². The van der Waals surface area contributed by atoms with Crippen LogP contribution in [0.15, 0.2) is 33.6 Å². The quantitative estimate of drug-likeness (QED) is 0.844. The third-order valence-electron chi connectivity index (χ3n) is 2.22. The molecule has 1 atom stereocenters. The van der Waals surface area contributed by atoms with E-state index in [1.54, 1.807) is 18.2 Å². The van der Waals surface area contributed by atoms with Crippen molar-refractivity contribution in [2.24, 2.45) is 5.73 Å².